The molecule has 96 valence electrons. The Balaban J connectivity index is 2.30. The van der Waals surface area contributed by atoms with E-state index in [1.807, 2.05) is 11.8 Å². The van der Waals surface area contributed by atoms with E-state index in [4.69, 9.17) is 0 Å². The second kappa shape index (κ2) is 6.27. The quantitative estimate of drug-likeness (QED) is 0.800. The number of likely N-dealkylation sites (tertiary alicyclic amines) is 1. The number of hydrogen-bond acceptors (Lipinski definition) is 3. The maximum atomic E-state index is 3.74. The van der Waals surface area contributed by atoms with Gasteiger partial charge in [-0.15, -0.1) is 0 Å². The lowest BCUT2D eigenvalue weighted by molar-refractivity contribution is 0.142. The van der Waals surface area contributed by atoms with Crippen molar-refractivity contribution in [3.05, 3.63) is 0 Å². The number of nitrogens with zero attached hydrogens (tertiary/aromatic N) is 1. The predicted octanol–water partition coefficient (Wildman–Crippen LogP) is 2.59. The van der Waals surface area contributed by atoms with Crippen LogP contribution in [0.4, 0.5) is 0 Å². The molecule has 0 radical (unpaired) electrons. The molecule has 1 saturated heterocycles. The van der Waals surface area contributed by atoms with Crippen LogP contribution in [-0.4, -0.2) is 47.6 Å². The lowest BCUT2D eigenvalue weighted by Crippen LogP contribution is -2.49. The first-order chi connectivity index (χ1) is 7.48. The molecule has 0 aromatic carbocycles. The summed E-state index contributed by atoms with van der Waals surface area (Å²) in [6.07, 6.45) is 4.81. The number of hydrogen-bond donors (Lipinski definition) is 1. The van der Waals surface area contributed by atoms with Gasteiger partial charge in [-0.05, 0) is 53.0 Å². The minimum Gasteiger partial charge on any atom is -0.313 e. The molecule has 2 unspecified atom stereocenters. The van der Waals surface area contributed by atoms with Gasteiger partial charge in [0.05, 0.1) is 0 Å². The van der Waals surface area contributed by atoms with Crippen LogP contribution in [0.15, 0.2) is 0 Å². The average Bonchev–Trinajstić information content (AvgIpc) is 2.27. The molecule has 0 saturated carbocycles. The maximum absolute atomic E-state index is 3.74. The van der Waals surface area contributed by atoms with E-state index in [1.165, 1.54) is 25.9 Å². The molecule has 16 heavy (non-hydrogen) atoms. The first-order valence-electron chi connectivity index (χ1n) is 6.51. The molecule has 1 heterocycles. The largest absolute Gasteiger partial charge is 0.313 e. The molecule has 0 aliphatic carbocycles. The first kappa shape index (κ1) is 14.3. The normalized spacial score (nSPS) is 28.3. The van der Waals surface area contributed by atoms with Crippen molar-refractivity contribution >= 4 is 11.8 Å². The second-order valence-corrected chi connectivity index (χ2v) is 7.06. The SMILES string of the molecule is CCN1CCC(NCC(C)(C)SC)CC1C. The smallest absolute Gasteiger partial charge is 0.0225 e. The maximum Gasteiger partial charge on any atom is 0.0225 e. The van der Waals surface area contributed by atoms with Crippen LogP contribution in [0.5, 0.6) is 0 Å². The van der Waals surface area contributed by atoms with E-state index in [2.05, 4.69) is 44.2 Å². The zero-order valence-electron chi connectivity index (χ0n) is 11.5. The molecule has 0 aromatic heterocycles. The molecule has 1 fully saturated rings. The lowest BCUT2D eigenvalue weighted by Gasteiger charge is -2.38. The zero-order valence-corrected chi connectivity index (χ0v) is 12.4. The molecule has 3 heteroatoms. The summed E-state index contributed by atoms with van der Waals surface area (Å²) in [5.74, 6) is 0. The Kier molecular flexibility index (Phi) is 5.62. The minimum absolute atomic E-state index is 0.366. The molecule has 2 atom stereocenters. The molecule has 1 aliphatic rings. The Labute approximate surface area is 106 Å². The van der Waals surface area contributed by atoms with Crippen molar-refractivity contribution in [3.8, 4) is 0 Å². The fourth-order valence-electron chi connectivity index (χ4n) is 2.34. The van der Waals surface area contributed by atoms with Gasteiger partial charge in [0.25, 0.3) is 0 Å². The summed E-state index contributed by atoms with van der Waals surface area (Å²) in [4.78, 5) is 2.58. The summed E-state index contributed by atoms with van der Waals surface area (Å²) in [5, 5.41) is 3.74. The molecule has 1 rings (SSSR count). The third-order valence-corrected chi connectivity index (χ3v) is 5.04. The molecule has 2 nitrogen and oxygen atoms in total. The van der Waals surface area contributed by atoms with Crippen molar-refractivity contribution in [2.75, 3.05) is 25.9 Å². The molecule has 0 bridgehead atoms. The van der Waals surface area contributed by atoms with E-state index in [9.17, 15) is 0 Å². The van der Waals surface area contributed by atoms with E-state index < -0.39 is 0 Å². The summed E-state index contributed by atoms with van der Waals surface area (Å²) in [6.45, 7) is 12.8. The zero-order chi connectivity index (χ0) is 12.2. The Bertz CT molecular complexity index is 206. The number of rotatable bonds is 5. The molecule has 1 N–H and O–H groups in total. The predicted molar refractivity (Wildman–Crippen MR) is 75.3 cm³/mol. The van der Waals surface area contributed by atoms with Crippen LogP contribution in [0.3, 0.4) is 0 Å². The van der Waals surface area contributed by atoms with Gasteiger partial charge in [0.2, 0.25) is 0 Å². The van der Waals surface area contributed by atoms with Gasteiger partial charge < -0.3 is 10.2 Å². The third kappa shape index (κ3) is 4.27. The van der Waals surface area contributed by atoms with E-state index in [0.717, 1.165) is 18.6 Å². The number of thioether (sulfide) groups is 1. The van der Waals surface area contributed by atoms with Crippen LogP contribution in [0.2, 0.25) is 0 Å². The number of nitrogens with one attached hydrogen (secondary N) is 1. The topological polar surface area (TPSA) is 15.3 Å². The van der Waals surface area contributed by atoms with Gasteiger partial charge in [0.15, 0.2) is 0 Å². The second-order valence-electron chi connectivity index (χ2n) is 5.54. The Morgan fingerprint density at radius 1 is 1.44 bits per heavy atom. The van der Waals surface area contributed by atoms with E-state index in [0.29, 0.717) is 4.75 Å². The summed E-state index contributed by atoms with van der Waals surface area (Å²) in [6, 6.07) is 1.47. The van der Waals surface area contributed by atoms with Crippen molar-refractivity contribution in [1.82, 2.24) is 10.2 Å². The highest BCUT2D eigenvalue weighted by Crippen LogP contribution is 2.22. The van der Waals surface area contributed by atoms with Gasteiger partial charge in [-0.2, -0.15) is 11.8 Å². The van der Waals surface area contributed by atoms with E-state index >= 15 is 0 Å². The van der Waals surface area contributed by atoms with Crippen LogP contribution in [0.1, 0.15) is 40.5 Å². The van der Waals surface area contributed by atoms with Crippen molar-refractivity contribution in [1.29, 1.82) is 0 Å². The summed E-state index contributed by atoms with van der Waals surface area (Å²) in [7, 11) is 0. The standard InChI is InChI=1S/C13H28N2S/c1-6-15-8-7-12(9-11(15)2)14-10-13(3,4)16-5/h11-12,14H,6-10H2,1-5H3. The van der Waals surface area contributed by atoms with Gasteiger partial charge in [0, 0.05) is 23.4 Å². The van der Waals surface area contributed by atoms with Crippen LogP contribution >= 0.6 is 11.8 Å². The molecule has 1 aliphatic heterocycles. The Morgan fingerprint density at radius 3 is 2.62 bits per heavy atom. The van der Waals surface area contributed by atoms with Gasteiger partial charge in [0.1, 0.15) is 0 Å². The molecular formula is C13H28N2S. The fourth-order valence-corrected chi connectivity index (χ4v) is 2.57. The monoisotopic (exact) mass is 244 g/mol. The molecule has 0 aromatic rings. The highest BCUT2D eigenvalue weighted by molar-refractivity contribution is 7.99. The highest BCUT2D eigenvalue weighted by atomic mass is 32.2. The summed E-state index contributed by atoms with van der Waals surface area (Å²) in [5.41, 5.74) is 0. The minimum atomic E-state index is 0.366. The summed E-state index contributed by atoms with van der Waals surface area (Å²) < 4.78 is 0.366. The fraction of sp³-hybridized carbons (Fsp3) is 1.00. The Morgan fingerprint density at radius 2 is 2.12 bits per heavy atom. The van der Waals surface area contributed by atoms with Gasteiger partial charge in [-0.1, -0.05) is 6.92 Å². The van der Waals surface area contributed by atoms with Gasteiger partial charge in [-0.3, -0.25) is 0 Å². The number of piperidine rings is 1. The van der Waals surface area contributed by atoms with Crippen molar-refractivity contribution in [3.63, 3.8) is 0 Å². The third-order valence-electron chi connectivity index (χ3n) is 3.79. The van der Waals surface area contributed by atoms with Crippen LogP contribution in [-0.2, 0) is 0 Å². The van der Waals surface area contributed by atoms with Crippen molar-refractivity contribution < 1.29 is 0 Å². The highest BCUT2D eigenvalue weighted by Gasteiger charge is 2.25. The van der Waals surface area contributed by atoms with Crippen LogP contribution in [0.25, 0.3) is 0 Å². The van der Waals surface area contributed by atoms with E-state index in [-0.39, 0.29) is 0 Å². The van der Waals surface area contributed by atoms with Crippen LogP contribution in [0, 0.1) is 0 Å². The summed E-state index contributed by atoms with van der Waals surface area (Å²) >= 11 is 1.95. The molecular weight excluding hydrogens is 216 g/mol. The van der Waals surface area contributed by atoms with Gasteiger partial charge >= 0.3 is 0 Å². The molecule has 0 amide bonds. The first-order valence-corrected chi connectivity index (χ1v) is 7.73. The lowest BCUT2D eigenvalue weighted by atomic mass is 9.98. The van der Waals surface area contributed by atoms with E-state index in [1.54, 1.807) is 0 Å². The van der Waals surface area contributed by atoms with Crippen LogP contribution < -0.4 is 5.32 Å². The van der Waals surface area contributed by atoms with Crippen molar-refractivity contribution in [2.45, 2.75) is 57.4 Å². The Hall–Kier alpha value is 0.270. The molecule has 0 spiro atoms. The average molecular weight is 244 g/mol. The van der Waals surface area contributed by atoms with Crippen molar-refractivity contribution in [2.24, 2.45) is 0 Å². The van der Waals surface area contributed by atoms with Gasteiger partial charge in [-0.25, -0.2) is 0 Å².